The van der Waals surface area contributed by atoms with Gasteiger partial charge in [0.15, 0.2) is 0 Å². The average molecular weight is 375 g/mol. The molecule has 0 saturated heterocycles. The number of nitrogens with zero attached hydrogens (tertiary/aromatic N) is 4. The Morgan fingerprint density at radius 3 is 2.64 bits per heavy atom. The molecule has 0 saturated carbocycles. The molecule has 1 N–H and O–H groups in total. The number of pyridine rings is 1. The van der Waals surface area contributed by atoms with Crippen LogP contribution in [0.4, 0.5) is 5.95 Å². The van der Waals surface area contributed by atoms with E-state index >= 15 is 0 Å². The van der Waals surface area contributed by atoms with Crippen LogP contribution in [-0.2, 0) is 25.9 Å². The Morgan fingerprint density at radius 1 is 1.07 bits per heavy atom. The van der Waals surface area contributed by atoms with Crippen molar-refractivity contribution in [3.8, 4) is 0 Å². The van der Waals surface area contributed by atoms with Crippen molar-refractivity contribution in [3.05, 3.63) is 87.6 Å². The van der Waals surface area contributed by atoms with Crippen molar-refractivity contribution in [2.24, 2.45) is 0 Å². The fourth-order valence-corrected chi connectivity index (χ4v) is 3.66. The molecular weight excluding hydrogens is 350 g/mol. The van der Waals surface area contributed by atoms with Gasteiger partial charge in [0.25, 0.3) is 5.56 Å². The molecule has 0 radical (unpaired) electrons. The zero-order chi connectivity index (χ0) is 19.3. The molecule has 2 aromatic heterocycles. The fraction of sp³-hybridized carbons (Fsp3) is 0.318. The minimum absolute atomic E-state index is 0.0143. The van der Waals surface area contributed by atoms with Crippen molar-refractivity contribution in [3.63, 3.8) is 0 Å². The highest BCUT2D eigenvalue weighted by atomic mass is 16.1. The van der Waals surface area contributed by atoms with Gasteiger partial charge in [-0.05, 0) is 23.6 Å². The summed E-state index contributed by atoms with van der Waals surface area (Å²) in [5, 5.41) is 0. The summed E-state index contributed by atoms with van der Waals surface area (Å²) in [6.45, 7) is 3.33. The van der Waals surface area contributed by atoms with Crippen molar-refractivity contribution in [1.29, 1.82) is 0 Å². The monoisotopic (exact) mass is 375 g/mol. The van der Waals surface area contributed by atoms with E-state index in [0.29, 0.717) is 12.5 Å². The van der Waals surface area contributed by atoms with E-state index in [1.807, 2.05) is 36.3 Å². The number of H-pyrrole nitrogens is 1. The third kappa shape index (κ3) is 4.28. The quantitative estimate of drug-likeness (QED) is 0.742. The number of aromatic nitrogens is 3. The Kier molecular flexibility index (Phi) is 5.48. The first-order valence-electron chi connectivity index (χ1n) is 9.67. The van der Waals surface area contributed by atoms with E-state index in [0.717, 1.165) is 49.3 Å². The van der Waals surface area contributed by atoms with Gasteiger partial charge in [-0.15, -0.1) is 0 Å². The molecule has 0 spiro atoms. The maximum absolute atomic E-state index is 12.7. The molecule has 0 amide bonds. The van der Waals surface area contributed by atoms with Crippen LogP contribution in [0.1, 0.15) is 22.4 Å². The number of rotatable bonds is 5. The summed E-state index contributed by atoms with van der Waals surface area (Å²) >= 11 is 0. The van der Waals surface area contributed by atoms with Crippen LogP contribution in [0.25, 0.3) is 0 Å². The van der Waals surface area contributed by atoms with Crippen LogP contribution < -0.4 is 10.5 Å². The second-order valence-electron chi connectivity index (χ2n) is 7.29. The number of anilines is 1. The first-order chi connectivity index (χ1) is 13.7. The summed E-state index contributed by atoms with van der Waals surface area (Å²) in [6.07, 6.45) is 5.11. The third-order valence-electron chi connectivity index (χ3n) is 5.18. The molecule has 1 aliphatic heterocycles. The zero-order valence-electron chi connectivity index (χ0n) is 16.1. The second-order valence-corrected chi connectivity index (χ2v) is 7.29. The lowest BCUT2D eigenvalue weighted by molar-refractivity contribution is 0.279. The highest BCUT2D eigenvalue weighted by Crippen LogP contribution is 2.16. The minimum Gasteiger partial charge on any atom is -0.341 e. The normalized spacial score (nSPS) is 14.3. The van der Waals surface area contributed by atoms with Crippen LogP contribution in [0.5, 0.6) is 0 Å². The predicted molar refractivity (Wildman–Crippen MR) is 110 cm³/mol. The van der Waals surface area contributed by atoms with Gasteiger partial charge < -0.3 is 4.90 Å². The second kappa shape index (κ2) is 8.35. The smallest absolute Gasteiger partial charge is 0.255 e. The van der Waals surface area contributed by atoms with Crippen LogP contribution >= 0.6 is 0 Å². The Bertz CT molecular complexity index is 971. The Morgan fingerprint density at radius 2 is 1.86 bits per heavy atom. The van der Waals surface area contributed by atoms with Gasteiger partial charge >= 0.3 is 0 Å². The van der Waals surface area contributed by atoms with Crippen LogP contribution in [0.15, 0.2) is 59.7 Å². The summed E-state index contributed by atoms with van der Waals surface area (Å²) in [5.74, 6) is 0.615. The van der Waals surface area contributed by atoms with E-state index < -0.39 is 0 Å². The molecule has 4 rings (SSSR count). The molecule has 28 heavy (non-hydrogen) atoms. The molecule has 1 aliphatic rings. The minimum atomic E-state index is -0.0143. The molecule has 6 heteroatoms. The lowest BCUT2D eigenvalue weighted by Crippen LogP contribution is -2.27. The largest absolute Gasteiger partial charge is 0.341 e. The van der Waals surface area contributed by atoms with Gasteiger partial charge in [0.05, 0.1) is 5.69 Å². The Hall–Kier alpha value is -2.99. The first kappa shape index (κ1) is 18.4. The molecule has 3 aromatic rings. The predicted octanol–water partition coefficient (Wildman–Crippen LogP) is 2.40. The van der Waals surface area contributed by atoms with E-state index in [-0.39, 0.29) is 5.56 Å². The van der Waals surface area contributed by atoms with Crippen molar-refractivity contribution in [2.45, 2.75) is 25.9 Å². The standard InChI is InChI=1S/C22H25N5O/c1-26(15-18-8-5-11-23-14-18)22-24-20-10-13-27(12-9-19(20)21(28)25-22)16-17-6-3-2-4-7-17/h2-8,11,14H,9-10,12-13,15-16H2,1H3,(H,24,25,28). The number of nitrogens with one attached hydrogen (secondary N) is 1. The lowest BCUT2D eigenvalue weighted by Gasteiger charge is -2.19. The number of benzene rings is 1. The highest BCUT2D eigenvalue weighted by molar-refractivity contribution is 5.34. The summed E-state index contributed by atoms with van der Waals surface area (Å²) in [7, 11) is 1.94. The summed E-state index contributed by atoms with van der Waals surface area (Å²) in [4.78, 5) is 29.0. The van der Waals surface area contributed by atoms with E-state index in [2.05, 4.69) is 39.1 Å². The fourth-order valence-electron chi connectivity index (χ4n) is 3.66. The average Bonchev–Trinajstić information content (AvgIpc) is 2.92. The van der Waals surface area contributed by atoms with Gasteiger partial charge in [-0.2, -0.15) is 0 Å². The molecule has 0 unspecified atom stereocenters. The Balaban J connectivity index is 1.49. The van der Waals surface area contributed by atoms with Crippen molar-refractivity contribution in [2.75, 3.05) is 25.0 Å². The van der Waals surface area contributed by atoms with Crippen molar-refractivity contribution >= 4 is 5.95 Å². The lowest BCUT2D eigenvalue weighted by atomic mass is 10.1. The number of aromatic amines is 1. The topological polar surface area (TPSA) is 65.1 Å². The molecule has 3 heterocycles. The SMILES string of the molecule is CN(Cc1cccnc1)c1nc2c(c(=O)[nH]1)CCN(Cc1ccccc1)CC2. The van der Waals surface area contributed by atoms with Crippen LogP contribution in [0.3, 0.4) is 0 Å². The molecule has 0 bridgehead atoms. The van der Waals surface area contributed by atoms with Crippen LogP contribution in [0.2, 0.25) is 0 Å². The van der Waals surface area contributed by atoms with Crippen LogP contribution in [0, 0.1) is 0 Å². The van der Waals surface area contributed by atoms with Crippen LogP contribution in [-0.4, -0.2) is 40.0 Å². The summed E-state index contributed by atoms with van der Waals surface area (Å²) < 4.78 is 0. The van der Waals surface area contributed by atoms with E-state index in [1.165, 1.54) is 5.56 Å². The van der Waals surface area contributed by atoms with Gasteiger partial charge in [0.1, 0.15) is 0 Å². The maximum atomic E-state index is 12.7. The first-order valence-corrected chi connectivity index (χ1v) is 9.67. The van der Waals surface area contributed by atoms with Gasteiger partial charge in [0.2, 0.25) is 5.95 Å². The third-order valence-corrected chi connectivity index (χ3v) is 5.18. The zero-order valence-corrected chi connectivity index (χ0v) is 16.1. The van der Waals surface area contributed by atoms with Gasteiger partial charge in [0, 0.05) is 57.6 Å². The molecule has 0 aliphatic carbocycles. The van der Waals surface area contributed by atoms with E-state index in [1.54, 1.807) is 6.20 Å². The Labute approximate surface area is 164 Å². The highest BCUT2D eigenvalue weighted by Gasteiger charge is 2.19. The maximum Gasteiger partial charge on any atom is 0.255 e. The van der Waals surface area contributed by atoms with Crippen molar-refractivity contribution in [1.82, 2.24) is 19.9 Å². The van der Waals surface area contributed by atoms with E-state index in [9.17, 15) is 4.79 Å². The number of fused-ring (bicyclic) bond motifs is 1. The molecule has 1 aromatic carbocycles. The van der Waals surface area contributed by atoms with E-state index in [4.69, 9.17) is 4.98 Å². The molecule has 6 nitrogen and oxygen atoms in total. The van der Waals surface area contributed by atoms with Gasteiger partial charge in [-0.25, -0.2) is 4.98 Å². The number of hydrogen-bond donors (Lipinski definition) is 1. The molecule has 0 fully saturated rings. The molecular formula is C22H25N5O. The van der Waals surface area contributed by atoms with Gasteiger partial charge in [-0.3, -0.25) is 19.7 Å². The number of hydrogen-bond acceptors (Lipinski definition) is 5. The molecule has 0 atom stereocenters. The summed E-state index contributed by atoms with van der Waals surface area (Å²) in [5.41, 5.74) is 4.12. The van der Waals surface area contributed by atoms with Gasteiger partial charge in [-0.1, -0.05) is 36.4 Å². The summed E-state index contributed by atoms with van der Waals surface area (Å²) in [6, 6.07) is 14.4. The molecule has 144 valence electrons. The van der Waals surface area contributed by atoms with Crippen molar-refractivity contribution < 1.29 is 0 Å².